The minimum atomic E-state index is -0.995. The van der Waals surface area contributed by atoms with Crippen LogP contribution in [0.25, 0.3) is 0 Å². The lowest BCUT2D eigenvalue weighted by molar-refractivity contribution is -0.231. The molecule has 2 amide bonds. The van der Waals surface area contributed by atoms with E-state index in [9.17, 15) is 9.59 Å². The highest BCUT2D eigenvalue weighted by molar-refractivity contribution is 5.95. The Hall–Kier alpha value is -2.04. The predicted octanol–water partition coefficient (Wildman–Crippen LogP) is 1.14. The third-order valence-corrected chi connectivity index (χ3v) is 4.89. The number of rotatable bonds is 4. The highest BCUT2D eigenvalue weighted by Crippen LogP contribution is 2.44. The summed E-state index contributed by atoms with van der Waals surface area (Å²) >= 11 is 0. The van der Waals surface area contributed by atoms with Crippen LogP contribution in [0.1, 0.15) is 27.7 Å². The number of fused-ring (bicyclic) bond motifs is 3. The Bertz CT molecular complexity index is 782. The molecule has 0 radical (unpaired) electrons. The molecule has 3 saturated heterocycles. The molecule has 0 aromatic heterocycles. The van der Waals surface area contributed by atoms with Crippen molar-refractivity contribution in [3.05, 3.63) is 30.3 Å². The smallest absolute Gasteiger partial charge is 0.252 e. The first-order chi connectivity index (χ1) is 13.6. The van der Waals surface area contributed by atoms with Gasteiger partial charge in [-0.15, -0.1) is 0 Å². The number of anilines is 1. The average molecular weight is 406 g/mol. The molecule has 1 aromatic rings. The van der Waals surface area contributed by atoms with Crippen molar-refractivity contribution in [3.8, 4) is 0 Å². The van der Waals surface area contributed by atoms with Crippen LogP contribution < -0.4 is 10.6 Å². The molecule has 4 rings (SSSR count). The molecule has 2 N–H and O–H groups in total. The Morgan fingerprint density at radius 1 is 0.897 bits per heavy atom. The zero-order valence-electron chi connectivity index (χ0n) is 16.8. The molecule has 0 unspecified atom stereocenters. The fourth-order valence-electron chi connectivity index (χ4n) is 3.82. The van der Waals surface area contributed by atoms with Gasteiger partial charge in [0, 0.05) is 5.69 Å². The summed E-state index contributed by atoms with van der Waals surface area (Å²) in [6.07, 6.45) is -3.48. The first kappa shape index (κ1) is 20.2. The van der Waals surface area contributed by atoms with Gasteiger partial charge in [0.2, 0.25) is 5.91 Å². The molecular weight excluding hydrogens is 380 g/mol. The lowest BCUT2D eigenvalue weighted by Gasteiger charge is -2.36. The minimum absolute atomic E-state index is 0.202. The van der Waals surface area contributed by atoms with E-state index >= 15 is 0 Å². The molecule has 3 aliphatic heterocycles. The van der Waals surface area contributed by atoms with E-state index in [1.54, 1.807) is 39.8 Å². The molecule has 29 heavy (non-hydrogen) atoms. The Morgan fingerprint density at radius 2 is 1.52 bits per heavy atom. The van der Waals surface area contributed by atoms with Gasteiger partial charge < -0.3 is 34.3 Å². The van der Waals surface area contributed by atoms with E-state index in [0.717, 1.165) is 0 Å². The summed E-state index contributed by atoms with van der Waals surface area (Å²) in [4.78, 5) is 24.9. The SMILES string of the molecule is CC1(C)O[C@H]2[C@@H](O1)[C@H](C(=O)NCC(=O)Nc1ccccc1)O[C@H]1OC(C)(C)O[C@@H]12. The standard InChI is InChI=1S/C20H26N2O7/c1-19(2)26-13-14(27-19)16-18(29-20(3,4)28-16)25-15(13)17(24)21-10-12(23)22-11-8-6-5-7-9-11/h5-9,13-16,18H,10H2,1-4H3,(H,21,24)(H,22,23)/t13-,14+,15-,16-,18+/m1/s1. The monoisotopic (exact) mass is 406 g/mol. The molecule has 3 heterocycles. The van der Waals surface area contributed by atoms with Crippen molar-refractivity contribution in [1.82, 2.24) is 5.32 Å². The normalized spacial score (nSPS) is 34.1. The molecule has 3 fully saturated rings. The maximum absolute atomic E-state index is 12.8. The van der Waals surface area contributed by atoms with Gasteiger partial charge in [0.05, 0.1) is 6.54 Å². The highest BCUT2D eigenvalue weighted by atomic mass is 16.9. The predicted molar refractivity (Wildman–Crippen MR) is 101 cm³/mol. The number of ether oxygens (including phenoxy) is 5. The van der Waals surface area contributed by atoms with E-state index in [0.29, 0.717) is 5.69 Å². The zero-order chi connectivity index (χ0) is 20.8. The van der Waals surface area contributed by atoms with Gasteiger partial charge in [-0.1, -0.05) is 18.2 Å². The van der Waals surface area contributed by atoms with Crippen LogP contribution in [0.15, 0.2) is 30.3 Å². The van der Waals surface area contributed by atoms with Crippen LogP contribution in [-0.2, 0) is 33.3 Å². The van der Waals surface area contributed by atoms with Gasteiger partial charge in [0.1, 0.15) is 18.3 Å². The number of amides is 2. The van der Waals surface area contributed by atoms with Gasteiger partial charge in [-0.05, 0) is 39.8 Å². The molecule has 1 aromatic carbocycles. The zero-order valence-corrected chi connectivity index (χ0v) is 16.8. The number of para-hydroxylation sites is 1. The average Bonchev–Trinajstić information content (AvgIpc) is 3.13. The lowest BCUT2D eigenvalue weighted by atomic mass is 9.98. The number of hydrogen-bond acceptors (Lipinski definition) is 7. The number of hydrogen-bond donors (Lipinski definition) is 2. The number of carbonyl (C=O) groups excluding carboxylic acids is 2. The van der Waals surface area contributed by atoms with E-state index in [1.807, 2.05) is 18.2 Å². The summed E-state index contributed by atoms with van der Waals surface area (Å²) in [5, 5.41) is 5.32. The molecule has 158 valence electrons. The van der Waals surface area contributed by atoms with Crippen LogP contribution in [0.3, 0.4) is 0 Å². The van der Waals surface area contributed by atoms with E-state index < -0.39 is 48.2 Å². The molecule has 0 saturated carbocycles. The summed E-state index contributed by atoms with van der Waals surface area (Å²) in [6, 6.07) is 9.00. The van der Waals surface area contributed by atoms with E-state index in [4.69, 9.17) is 23.7 Å². The third kappa shape index (κ3) is 4.29. The van der Waals surface area contributed by atoms with Gasteiger partial charge in [0.15, 0.2) is 24.0 Å². The highest BCUT2D eigenvalue weighted by Gasteiger charge is 2.62. The van der Waals surface area contributed by atoms with Crippen molar-refractivity contribution < 1.29 is 33.3 Å². The summed E-state index contributed by atoms with van der Waals surface area (Å²) in [5.41, 5.74) is 0.650. The maximum Gasteiger partial charge on any atom is 0.252 e. The second-order valence-electron chi connectivity index (χ2n) is 8.22. The summed E-state index contributed by atoms with van der Waals surface area (Å²) in [7, 11) is 0. The van der Waals surface area contributed by atoms with E-state index in [-0.39, 0.29) is 12.5 Å². The fraction of sp³-hybridized carbons (Fsp3) is 0.600. The number of nitrogens with one attached hydrogen (secondary N) is 2. The van der Waals surface area contributed by atoms with Crippen LogP contribution in [0.4, 0.5) is 5.69 Å². The molecule has 0 spiro atoms. The van der Waals surface area contributed by atoms with Crippen LogP contribution in [0, 0.1) is 0 Å². The van der Waals surface area contributed by atoms with E-state index in [1.165, 1.54) is 0 Å². The van der Waals surface area contributed by atoms with Gasteiger partial charge in [-0.25, -0.2) is 0 Å². The first-order valence-electron chi connectivity index (χ1n) is 9.63. The summed E-state index contributed by atoms with van der Waals surface area (Å²) in [5.74, 6) is -2.58. The largest absolute Gasteiger partial charge is 0.345 e. The Kier molecular flexibility index (Phi) is 5.12. The molecule has 0 aliphatic carbocycles. The van der Waals surface area contributed by atoms with Gasteiger partial charge >= 0.3 is 0 Å². The topological polar surface area (TPSA) is 104 Å². The molecule has 0 bridgehead atoms. The van der Waals surface area contributed by atoms with Crippen LogP contribution in [0.2, 0.25) is 0 Å². The van der Waals surface area contributed by atoms with E-state index in [2.05, 4.69) is 10.6 Å². The molecular formula is C20H26N2O7. The van der Waals surface area contributed by atoms with Crippen molar-refractivity contribution in [2.75, 3.05) is 11.9 Å². The van der Waals surface area contributed by atoms with Crippen molar-refractivity contribution in [3.63, 3.8) is 0 Å². The molecule has 3 aliphatic rings. The minimum Gasteiger partial charge on any atom is -0.345 e. The number of carbonyl (C=O) groups is 2. The molecule has 9 nitrogen and oxygen atoms in total. The lowest BCUT2D eigenvalue weighted by Crippen LogP contribution is -2.59. The molecule has 5 atom stereocenters. The second-order valence-corrected chi connectivity index (χ2v) is 8.22. The first-order valence-corrected chi connectivity index (χ1v) is 9.63. The fourth-order valence-corrected chi connectivity index (χ4v) is 3.82. The van der Waals surface area contributed by atoms with Gasteiger partial charge in [0.25, 0.3) is 5.91 Å². The van der Waals surface area contributed by atoms with Gasteiger partial charge in [-0.2, -0.15) is 0 Å². The van der Waals surface area contributed by atoms with Crippen molar-refractivity contribution in [1.29, 1.82) is 0 Å². The van der Waals surface area contributed by atoms with Crippen LogP contribution >= 0.6 is 0 Å². The van der Waals surface area contributed by atoms with Crippen molar-refractivity contribution in [2.24, 2.45) is 0 Å². The van der Waals surface area contributed by atoms with Crippen molar-refractivity contribution >= 4 is 17.5 Å². The quantitative estimate of drug-likeness (QED) is 0.773. The Labute approximate surface area is 169 Å². The third-order valence-electron chi connectivity index (χ3n) is 4.89. The molecule has 9 heteroatoms. The second kappa shape index (κ2) is 7.33. The van der Waals surface area contributed by atoms with Crippen molar-refractivity contribution in [2.45, 2.75) is 70.0 Å². The number of benzene rings is 1. The maximum atomic E-state index is 12.8. The Balaban J connectivity index is 1.41. The van der Waals surface area contributed by atoms with Gasteiger partial charge in [-0.3, -0.25) is 9.59 Å². The summed E-state index contributed by atoms with van der Waals surface area (Å²) in [6.45, 7) is 6.88. The summed E-state index contributed by atoms with van der Waals surface area (Å²) < 4.78 is 29.4. The van der Waals surface area contributed by atoms with Crippen LogP contribution in [0.5, 0.6) is 0 Å². The van der Waals surface area contributed by atoms with Crippen LogP contribution in [-0.4, -0.2) is 60.6 Å². The Morgan fingerprint density at radius 3 is 2.24 bits per heavy atom.